The lowest BCUT2D eigenvalue weighted by atomic mass is 10.1. The number of thioether (sulfide) groups is 1. The molecule has 0 aliphatic carbocycles. The third kappa shape index (κ3) is 5.15. The number of ether oxygens (including phenoxy) is 1. The summed E-state index contributed by atoms with van der Waals surface area (Å²) in [6, 6.07) is 21.5. The third-order valence-corrected chi connectivity index (χ3v) is 6.66. The van der Waals surface area contributed by atoms with Crippen LogP contribution in [0.25, 0.3) is 6.08 Å². The fourth-order valence-electron chi connectivity index (χ4n) is 3.53. The van der Waals surface area contributed by atoms with Gasteiger partial charge >= 0.3 is 0 Å². The zero-order valence-corrected chi connectivity index (χ0v) is 20.4. The van der Waals surface area contributed by atoms with Crippen LogP contribution in [0.5, 0.6) is 5.75 Å². The van der Waals surface area contributed by atoms with Gasteiger partial charge in [-0.15, -0.1) is 0 Å². The summed E-state index contributed by atoms with van der Waals surface area (Å²) in [6.07, 6.45) is 3.72. The van der Waals surface area contributed by atoms with Crippen molar-refractivity contribution in [3.8, 4) is 5.75 Å². The summed E-state index contributed by atoms with van der Waals surface area (Å²) in [6.45, 7) is 4.23. The largest absolute Gasteiger partial charge is 0.496 e. The molecule has 1 aliphatic heterocycles. The first-order valence-electron chi connectivity index (χ1n) is 10.9. The van der Waals surface area contributed by atoms with Crippen LogP contribution in [-0.2, 0) is 17.6 Å². The number of hydrogen-bond donors (Lipinski definition) is 0. The van der Waals surface area contributed by atoms with E-state index in [4.69, 9.17) is 21.3 Å². The van der Waals surface area contributed by atoms with Gasteiger partial charge in [-0.2, -0.15) is 0 Å². The molecule has 0 bridgehead atoms. The molecule has 0 N–H and O–H groups in total. The topological polar surface area (TPSA) is 41.9 Å². The molecule has 1 fully saturated rings. The minimum absolute atomic E-state index is 0.129. The van der Waals surface area contributed by atoms with Crippen LogP contribution in [0.2, 0.25) is 5.02 Å². The number of amidine groups is 1. The van der Waals surface area contributed by atoms with Gasteiger partial charge < -0.3 is 4.74 Å². The summed E-state index contributed by atoms with van der Waals surface area (Å²) in [7, 11) is 1.60. The lowest BCUT2D eigenvalue weighted by Gasteiger charge is -2.16. The number of carbonyl (C=O) groups is 1. The second-order valence-corrected chi connectivity index (χ2v) is 9.02. The van der Waals surface area contributed by atoms with Crippen molar-refractivity contribution in [3.05, 3.63) is 93.3 Å². The monoisotopic (exact) mass is 476 g/mol. The van der Waals surface area contributed by atoms with Crippen LogP contribution in [0.1, 0.15) is 30.5 Å². The maximum Gasteiger partial charge on any atom is 0.271 e. The van der Waals surface area contributed by atoms with Gasteiger partial charge in [0.05, 0.1) is 23.4 Å². The Balaban J connectivity index is 1.78. The molecule has 0 unspecified atom stereocenters. The first-order valence-corrected chi connectivity index (χ1v) is 12.1. The normalized spacial score (nSPS) is 16.1. The van der Waals surface area contributed by atoms with Crippen LogP contribution in [0.15, 0.2) is 76.6 Å². The quantitative estimate of drug-likeness (QED) is 0.351. The minimum atomic E-state index is -0.129. The minimum Gasteiger partial charge on any atom is -0.496 e. The van der Waals surface area contributed by atoms with E-state index >= 15 is 0 Å². The molecule has 1 saturated heterocycles. The van der Waals surface area contributed by atoms with Crippen LogP contribution in [0.4, 0.5) is 11.4 Å². The van der Waals surface area contributed by atoms with Gasteiger partial charge in [0.15, 0.2) is 5.17 Å². The van der Waals surface area contributed by atoms with Crippen molar-refractivity contribution in [2.75, 3.05) is 12.0 Å². The lowest BCUT2D eigenvalue weighted by molar-refractivity contribution is -0.113. The Labute approximate surface area is 203 Å². The highest BCUT2D eigenvalue weighted by Gasteiger charge is 2.35. The summed E-state index contributed by atoms with van der Waals surface area (Å²) < 4.78 is 5.46. The molecular formula is C27H25ClN2O2S. The number of benzene rings is 3. The van der Waals surface area contributed by atoms with E-state index in [1.54, 1.807) is 30.2 Å². The number of halogens is 1. The number of rotatable bonds is 6. The molecule has 3 aromatic carbocycles. The molecule has 1 heterocycles. The smallest absolute Gasteiger partial charge is 0.271 e. The molecule has 168 valence electrons. The molecule has 3 aromatic rings. The average Bonchev–Trinajstić information content (AvgIpc) is 3.14. The molecule has 0 aromatic heterocycles. The van der Waals surface area contributed by atoms with Gasteiger partial charge in [-0.3, -0.25) is 9.69 Å². The van der Waals surface area contributed by atoms with Crippen LogP contribution in [0, 0.1) is 0 Å². The van der Waals surface area contributed by atoms with Crippen LogP contribution < -0.4 is 9.64 Å². The van der Waals surface area contributed by atoms with Gasteiger partial charge in [0, 0.05) is 10.6 Å². The predicted octanol–water partition coefficient (Wildman–Crippen LogP) is 7.28. The van der Waals surface area contributed by atoms with Crippen molar-refractivity contribution in [2.24, 2.45) is 4.99 Å². The van der Waals surface area contributed by atoms with Crippen molar-refractivity contribution >= 4 is 51.9 Å². The Morgan fingerprint density at radius 3 is 2.21 bits per heavy atom. The fraction of sp³-hybridized carbons (Fsp3) is 0.185. The van der Waals surface area contributed by atoms with Crippen LogP contribution in [0.3, 0.4) is 0 Å². The second-order valence-electron chi connectivity index (χ2n) is 7.57. The third-order valence-electron chi connectivity index (χ3n) is 5.46. The zero-order chi connectivity index (χ0) is 23.4. The first-order chi connectivity index (χ1) is 16.0. The summed E-state index contributed by atoms with van der Waals surface area (Å²) in [5.74, 6) is 0.523. The molecule has 0 atom stereocenters. The van der Waals surface area contributed by atoms with E-state index in [0.717, 1.165) is 29.8 Å². The van der Waals surface area contributed by atoms with Crippen molar-refractivity contribution in [1.29, 1.82) is 0 Å². The number of anilines is 1. The summed E-state index contributed by atoms with van der Waals surface area (Å²) in [5, 5.41) is 1.19. The molecule has 4 nitrogen and oxygen atoms in total. The zero-order valence-electron chi connectivity index (χ0n) is 18.8. The highest BCUT2D eigenvalue weighted by molar-refractivity contribution is 8.19. The van der Waals surface area contributed by atoms with E-state index in [1.807, 2.05) is 42.5 Å². The summed E-state index contributed by atoms with van der Waals surface area (Å²) >= 11 is 7.54. The Kier molecular flexibility index (Phi) is 7.21. The molecule has 4 rings (SSSR count). The van der Waals surface area contributed by atoms with Gasteiger partial charge in [-0.25, -0.2) is 4.99 Å². The number of carbonyl (C=O) groups excluding carboxylic acids is 1. The van der Waals surface area contributed by atoms with Gasteiger partial charge in [0.2, 0.25) is 0 Å². The first kappa shape index (κ1) is 23.1. The standard InChI is InChI=1S/C27H25ClN2O2S/c1-4-18-6-11-22(12-7-18)29-27-30(23-13-8-19(5-2)9-14-23)26(31)25(33-27)17-20-16-21(28)10-15-24(20)32-3/h6-17H,4-5H2,1-3H3/b25-17-,29-27?. The number of aryl methyl sites for hydroxylation is 2. The van der Waals surface area contributed by atoms with E-state index < -0.39 is 0 Å². The molecule has 0 radical (unpaired) electrons. The Morgan fingerprint density at radius 1 is 0.970 bits per heavy atom. The Morgan fingerprint density at radius 2 is 1.61 bits per heavy atom. The Bertz CT molecular complexity index is 1220. The highest BCUT2D eigenvalue weighted by Crippen LogP contribution is 2.38. The van der Waals surface area contributed by atoms with E-state index in [0.29, 0.717) is 20.8 Å². The molecule has 1 aliphatic rings. The fourth-order valence-corrected chi connectivity index (χ4v) is 4.71. The van der Waals surface area contributed by atoms with Crippen LogP contribution in [-0.4, -0.2) is 18.2 Å². The molecule has 0 spiro atoms. The van der Waals surface area contributed by atoms with Gasteiger partial charge in [-0.05, 0) is 84.3 Å². The number of hydrogen-bond acceptors (Lipinski definition) is 4. The molecular weight excluding hydrogens is 452 g/mol. The molecule has 0 saturated carbocycles. The van der Waals surface area contributed by atoms with E-state index in [2.05, 4.69) is 26.0 Å². The average molecular weight is 477 g/mol. The van der Waals surface area contributed by atoms with Crippen molar-refractivity contribution in [2.45, 2.75) is 26.7 Å². The van der Waals surface area contributed by atoms with Crippen molar-refractivity contribution in [1.82, 2.24) is 0 Å². The highest BCUT2D eigenvalue weighted by atomic mass is 35.5. The van der Waals surface area contributed by atoms with Gasteiger partial charge in [0.25, 0.3) is 5.91 Å². The van der Waals surface area contributed by atoms with Gasteiger partial charge in [0.1, 0.15) is 5.75 Å². The van der Waals surface area contributed by atoms with E-state index in [9.17, 15) is 4.79 Å². The van der Waals surface area contributed by atoms with E-state index in [1.165, 1.54) is 22.9 Å². The SMILES string of the molecule is CCc1ccc(N=C2S/C(=C\c3cc(Cl)ccc3OC)C(=O)N2c2ccc(CC)cc2)cc1. The number of aliphatic imine (C=N–C) groups is 1. The van der Waals surface area contributed by atoms with Crippen molar-refractivity contribution < 1.29 is 9.53 Å². The number of methoxy groups -OCH3 is 1. The Hall–Kier alpha value is -3.02. The van der Waals surface area contributed by atoms with Crippen LogP contribution >= 0.6 is 23.4 Å². The van der Waals surface area contributed by atoms with E-state index in [-0.39, 0.29) is 5.91 Å². The second kappa shape index (κ2) is 10.3. The van der Waals surface area contributed by atoms with Crippen molar-refractivity contribution in [3.63, 3.8) is 0 Å². The summed E-state index contributed by atoms with van der Waals surface area (Å²) in [4.78, 5) is 20.6. The number of nitrogens with zero attached hydrogens (tertiary/aromatic N) is 2. The lowest BCUT2D eigenvalue weighted by Crippen LogP contribution is -2.28. The summed E-state index contributed by atoms with van der Waals surface area (Å²) in [5.41, 5.74) is 4.80. The molecule has 1 amide bonds. The molecule has 33 heavy (non-hydrogen) atoms. The predicted molar refractivity (Wildman–Crippen MR) is 140 cm³/mol. The number of amides is 1. The maximum atomic E-state index is 13.5. The van der Waals surface area contributed by atoms with Gasteiger partial charge in [-0.1, -0.05) is 49.7 Å². The molecule has 6 heteroatoms. The maximum absolute atomic E-state index is 13.5.